The standard InChI is InChI=1S/C15H18N2O5/c1-10-7-11(18)8-12(21-10)13(19)17-5-2-3-15(4-6-17)9-16-14(20)22-15/h7-8H,2-6,9H2,1H3,(H,16,20)/t15-/m1/s1. The lowest BCUT2D eigenvalue weighted by Gasteiger charge is -2.24. The molecule has 2 aliphatic rings. The number of aryl methyl sites for hydroxylation is 1. The Labute approximate surface area is 127 Å². The van der Waals surface area contributed by atoms with E-state index in [0.29, 0.717) is 38.2 Å². The molecule has 0 aromatic carbocycles. The number of amides is 2. The monoisotopic (exact) mass is 306 g/mol. The van der Waals surface area contributed by atoms with Crippen molar-refractivity contribution in [3.8, 4) is 0 Å². The Bertz CT molecular complexity index is 668. The quantitative estimate of drug-likeness (QED) is 0.838. The third-order valence-electron chi connectivity index (χ3n) is 4.15. The first-order valence-electron chi connectivity index (χ1n) is 7.35. The molecular weight excluding hydrogens is 288 g/mol. The lowest BCUT2D eigenvalue weighted by atomic mass is 9.95. The van der Waals surface area contributed by atoms with Crippen molar-refractivity contribution in [3.05, 3.63) is 33.9 Å². The smallest absolute Gasteiger partial charge is 0.407 e. The number of likely N-dealkylation sites (tertiary alicyclic amines) is 1. The third kappa shape index (κ3) is 2.84. The van der Waals surface area contributed by atoms with Gasteiger partial charge in [0.25, 0.3) is 5.91 Å². The average Bonchev–Trinajstić information content (AvgIpc) is 2.69. The van der Waals surface area contributed by atoms with Gasteiger partial charge in [0, 0.05) is 31.6 Å². The third-order valence-corrected chi connectivity index (χ3v) is 4.15. The molecule has 118 valence electrons. The van der Waals surface area contributed by atoms with Crippen molar-refractivity contribution in [2.45, 2.75) is 31.8 Å². The van der Waals surface area contributed by atoms with E-state index in [-0.39, 0.29) is 17.1 Å². The molecule has 22 heavy (non-hydrogen) atoms. The van der Waals surface area contributed by atoms with Gasteiger partial charge in [-0.05, 0) is 19.8 Å². The molecule has 1 atom stereocenters. The maximum absolute atomic E-state index is 12.5. The molecule has 0 bridgehead atoms. The van der Waals surface area contributed by atoms with Gasteiger partial charge in [0.2, 0.25) is 0 Å². The summed E-state index contributed by atoms with van der Waals surface area (Å²) in [7, 11) is 0. The first kappa shape index (κ1) is 14.6. The molecule has 2 amide bonds. The van der Waals surface area contributed by atoms with Gasteiger partial charge in [-0.15, -0.1) is 0 Å². The van der Waals surface area contributed by atoms with Crippen molar-refractivity contribution in [1.82, 2.24) is 10.2 Å². The largest absolute Gasteiger partial charge is 0.456 e. The molecule has 0 aliphatic carbocycles. The number of nitrogens with zero attached hydrogens (tertiary/aromatic N) is 1. The number of rotatable bonds is 1. The van der Waals surface area contributed by atoms with Crippen LogP contribution in [-0.2, 0) is 4.74 Å². The molecule has 2 aliphatic heterocycles. The Morgan fingerprint density at radius 2 is 2.09 bits per heavy atom. The molecule has 0 unspecified atom stereocenters. The molecule has 1 aromatic rings. The highest BCUT2D eigenvalue weighted by Crippen LogP contribution is 2.29. The fraction of sp³-hybridized carbons (Fsp3) is 0.533. The second-order valence-corrected chi connectivity index (χ2v) is 5.84. The van der Waals surface area contributed by atoms with E-state index in [1.807, 2.05) is 0 Å². The van der Waals surface area contributed by atoms with E-state index < -0.39 is 11.7 Å². The minimum atomic E-state index is -0.514. The Kier molecular flexibility index (Phi) is 3.64. The van der Waals surface area contributed by atoms with Gasteiger partial charge in [-0.25, -0.2) is 4.79 Å². The van der Waals surface area contributed by atoms with E-state index in [0.717, 1.165) is 6.42 Å². The topological polar surface area (TPSA) is 88.9 Å². The first-order valence-corrected chi connectivity index (χ1v) is 7.35. The van der Waals surface area contributed by atoms with Crippen LogP contribution >= 0.6 is 0 Å². The van der Waals surface area contributed by atoms with Gasteiger partial charge < -0.3 is 19.4 Å². The van der Waals surface area contributed by atoms with Crippen molar-refractivity contribution in [3.63, 3.8) is 0 Å². The summed E-state index contributed by atoms with van der Waals surface area (Å²) < 4.78 is 10.7. The minimum absolute atomic E-state index is 0.0579. The maximum Gasteiger partial charge on any atom is 0.407 e. The molecule has 1 N–H and O–H groups in total. The Hall–Kier alpha value is -2.31. The maximum atomic E-state index is 12.5. The van der Waals surface area contributed by atoms with Gasteiger partial charge in [-0.2, -0.15) is 0 Å². The molecule has 0 radical (unpaired) electrons. The van der Waals surface area contributed by atoms with Crippen LogP contribution in [0.2, 0.25) is 0 Å². The molecule has 7 heteroatoms. The first-order chi connectivity index (χ1) is 10.5. The van der Waals surface area contributed by atoms with Gasteiger partial charge >= 0.3 is 6.09 Å². The second-order valence-electron chi connectivity index (χ2n) is 5.84. The van der Waals surface area contributed by atoms with E-state index in [1.165, 1.54) is 12.1 Å². The summed E-state index contributed by atoms with van der Waals surface area (Å²) in [5.41, 5.74) is -0.758. The fourth-order valence-corrected chi connectivity index (χ4v) is 3.02. The Morgan fingerprint density at radius 1 is 1.27 bits per heavy atom. The summed E-state index contributed by atoms with van der Waals surface area (Å²) in [4.78, 5) is 36.9. The Balaban J connectivity index is 1.74. The van der Waals surface area contributed by atoms with Crippen LogP contribution in [0.1, 0.15) is 35.6 Å². The second kappa shape index (κ2) is 5.47. The molecule has 7 nitrogen and oxygen atoms in total. The molecule has 0 saturated carbocycles. The summed E-state index contributed by atoms with van der Waals surface area (Å²) in [5, 5.41) is 2.67. The van der Waals surface area contributed by atoms with Crippen molar-refractivity contribution in [2.75, 3.05) is 19.6 Å². The van der Waals surface area contributed by atoms with Gasteiger partial charge in [0.15, 0.2) is 11.2 Å². The normalized spacial score (nSPS) is 24.8. The van der Waals surface area contributed by atoms with Gasteiger partial charge in [0.05, 0.1) is 6.54 Å². The van der Waals surface area contributed by atoms with Gasteiger partial charge in [-0.1, -0.05) is 0 Å². The number of ether oxygens (including phenoxy) is 1. The van der Waals surface area contributed by atoms with Gasteiger partial charge in [0.1, 0.15) is 11.4 Å². The molecule has 1 spiro atoms. The van der Waals surface area contributed by atoms with E-state index >= 15 is 0 Å². The van der Waals surface area contributed by atoms with Crippen LogP contribution in [0, 0.1) is 6.92 Å². The van der Waals surface area contributed by atoms with E-state index in [2.05, 4.69) is 5.32 Å². The minimum Gasteiger partial charge on any atom is -0.456 e. The molecule has 2 fully saturated rings. The van der Waals surface area contributed by atoms with Gasteiger partial charge in [-0.3, -0.25) is 9.59 Å². The SMILES string of the molecule is Cc1cc(=O)cc(C(=O)N2CCC[C@@]3(CC2)CNC(=O)O3)o1. The molecule has 2 saturated heterocycles. The van der Waals surface area contributed by atoms with Crippen LogP contribution < -0.4 is 10.7 Å². The van der Waals surface area contributed by atoms with Crippen LogP contribution in [0.3, 0.4) is 0 Å². The number of alkyl carbamates (subject to hydrolysis) is 1. The lowest BCUT2D eigenvalue weighted by molar-refractivity contribution is 0.0435. The number of hydrogen-bond donors (Lipinski definition) is 1. The summed E-state index contributed by atoms with van der Waals surface area (Å²) in [6.07, 6.45) is 1.63. The summed E-state index contributed by atoms with van der Waals surface area (Å²) in [6, 6.07) is 2.56. The summed E-state index contributed by atoms with van der Waals surface area (Å²) in [5.74, 6) is 0.175. The highest BCUT2D eigenvalue weighted by molar-refractivity contribution is 5.91. The predicted molar refractivity (Wildman–Crippen MR) is 76.7 cm³/mol. The molecular formula is C15H18N2O5. The molecule has 1 aromatic heterocycles. The zero-order valence-electron chi connectivity index (χ0n) is 12.4. The van der Waals surface area contributed by atoms with Crippen molar-refractivity contribution in [2.24, 2.45) is 0 Å². The van der Waals surface area contributed by atoms with Crippen LogP contribution in [-0.4, -0.2) is 42.1 Å². The van der Waals surface area contributed by atoms with E-state index in [1.54, 1.807) is 11.8 Å². The Morgan fingerprint density at radius 3 is 2.77 bits per heavy atom. The average molecular weight is 306 g/mol. The highest BCUT2D eigenvalue weighted by Gasteiger charge is 2.42. The van der Waals surface area contributed by atoms with Crippen molar-refractivity contribution in [1.29, 1.82) is 0 Å². The summed E-state index contributed by atoms with van der Waals surface area (Å²) in [6.45, 7) is 3.13. The highest BCUT2D eigenvalue weighted by atomic mass is 16.6. The lowest BCUT2D eigenvalue weighted by Crippen LogP contribution is -2.36. The molecule has 3 rings (SSSR count). The predicted octanol–water partition coefficient (Wildman–Crippen LogP) is 1.05. The molecule has 3 heterocycles. The van der Waals surface area contributed by atoms with Crippen molar-refractivity contribution >= 4 is 12.0 Å². The van der Waals surface area contributed by atoms with E-state index in [4.69, 9.17) is 9.15 Å². The van der Waals surface area contributed by atoms with Crippen LogP contribution in [0.4, 0.5) is 4.79 Å². The zero-order valence-corrected chi connectivity index (χ0v) is 12.4. The zero-order chi connectivity index (χ0) is 15.7. The van der Waals surface area contributed by atoms with Crippen LogP contribution in [0.15, 0.2) is 21.3 Å². The van der Waals surface area contributed by atoms with Crippen LogP contribution in [0.5, 0.6) is 0 Å². The number of hydrogen-bond acceptors (Lipinski definition) is 5. The number of carbonyl (C=O) groups is 2. The van der Waals surface area contributed by atoms with Crippen LogP contribution in [0.25, 0.3) is 0 Å². The van der Waals surface area contributed by atoms with Crippen molar-refractivity contribution < 1.29 is 18.7 Å². The fourth-order valence-electron chi connectivity index (χ4n) is 3.02. The summed E-state index contributed by atoms with van der Waals surface area (Å²) >= 11 is 0. The van der Waals surface area contributed by atoms with E-state index in [9.17, 15) is 14.4 Å². The number of carbonyl (C=O) groups excluding carboxylic acids is 2. The number of nitrogens with one attached hydrogen (secondary N) is 1.